The Balaban J connectivity index is 1.60. The second kappa shape index (κ2) is 10.3. The van der Waals surface area contributed by atoms with E-state index >= 15 is 0 Å². The van der Waals surface area contributed by atoms with E-state index in [9.17, 15) is 9.59 Å². The van der Waals surface area contributed by atoms with E-state index in [-0.39, 0.29) is 16.9 Å². The number of hydrogen-bond donors (Lipinski definition) is 1. The third-order valence-corrected chi connectivity index (χ3v) is 5.89. The van der Waals surface area contributed by atoms with E-state index in [1.165, 1.54) is 5.56 Å². The van der Waals surface area contributed by atoms with Crippen LogP contribution >= 0.6 is 0 Å². The lowest BCUT2D eigenvalue weighted by Crippen LogP contribution is -2.19. The second-order valence-corrected chi connectivity index (χ2v) is 8.21. The van der Waals surface area contributed by atoms with Crippen LogP contribution in [0.1, 0.15) is 42.8 Å². The maximum Gasteiger partial charge on any atom is 0.279 e. The summed E-state index contributed by atoms with van der Waals surface area (Å²) in [7, 11) is 3.16. The van der Waals surface area contributed by atoms with Gasteiger partial charge in [0.2, 0.25) is 0 Å². The molecule has 8 heteroatoms. The van der Waals surface area contributed by atoms with Crippen LogP contribution < -0.4 is 15.0 Å². The third kappa shape index (κ3) is 5.01. The number of hydrogen-bond acceptors (Lipinski definition) is 6. The second-order valence-electron chi connectivity index (χ2n) is 8.21. The van der Waals surface area contributed by atoms with Crippen LogP contribution in [-0.2, 0) is 17.6 Å². The number of Topliss-reactive ketones (excluding diaryl/α,β-unsaturated/α-hetero) is 1. The van der Waals surface area contributed by atoms with Gasteiger partial charge in [0, 0.05) is 6.42 Å². The maximum absolute atomic E-state index is 12.7. The van der Waals surface area contributed by atoms with Crippen molar-refractivity contribution in [2.24, 2.45) is 0 Å². The predicted octanol–water partition coefficient (Wildman–Crippen LogP) is 3.88. The zero-order chi connectivity index (χ0) is 24.1. The molecule has 34 heavy (non-hydrogen) atoms. The van der Waals surface area contributed by atoms with Crippen LogP contribution in [0.2, 0.25) is 0 Å². The molecule has 1 atom stereocenters. The minimum atomic E-state index is -0.433. The molecule has 2 heterocycles. The van der Waals surface area contributed by atoms with Gasteiger partial charge in [-0.25, -0.2) is 9.97 Å². The summed E-state index contributed by atoms with van der Waals surface area (Å²) in [4.78, 5) is 37.0. The Kier molecular flexibility index (Phi) is 7.06. The summed E-state index contributed by atoms with van der Waals surface area (Å²) >= 11 is 0. The minimum Gasteiger partial charge on any atom is -0.493 e. The molecule has 0 aliphatic carbocycles. The summed E-state index contributed by atoms with van der Waals surface area (Å²) in [6.45, 7) is 1.57. The summed E-state index contributed by atoms with van der Waals surface area (Å²) < 4.78 is 12.4. The van der Waals surface area contributed by atoms with Gasteiger partial charge in [-0.05, 0) is 49.4 Å². The van der Waals surface area contributed by atoms with Crippen LogP contribution in [0.3, 0.4) is 0 Å². The number of aromatic nitrogens is 4. The fourth-order valence-electron chi connectivity index (χ4n) is 4.15. The molecular formula is C26H28N4O4. The molecule has 2 aromatic heterocycles. The molecular weight excluding hydrogens is 432 g/mol. The van der Waals surface area contributed by atoms with Crippen LogP contribution in [0, 0.1) is 0 Å². The van der Waals surface area contributed by atoms with Crippen LogP contribution in [0.25, 0.3) is 11.2 Å². The lowest BCUT2D eigenvalue weighted by atomic mass is 10.0. The topological polar surface area (TPSA) is 99.1 Å². The first-order valence-electron chi connectivity index (χ1n) is 11.2. The van der Waals surface area contributed by atoms with Gasteiger partial charge in [-0.1, -0.05) is 36.4 Å². The van der Waals surface area contributed by atoms with E-state index in [0.717, 1.165) is 18.4 Å². The van der Waals surface area contributed by atoms with Crippen molar-refractivity contribution in [3.63, 3.8) is 0 Å². The van der Waals surface area contributed by atoms with Gasteiger partial charge in [-0.2, -0.15) is 0 Å². The van der Waals surface area contributed by atoms with Crippen molar-refractivity contribution >= 4 is 16.9 Å². The molecule has 0 fully saturated rings. The van der Waals surface area contributed by atoms with E-state index in [1.54, 1.807) is 32.0 Å². The average molecular weight is 461 g/mol. The number of methoxy groups -OCH3 is 2. The SMILES string of the molecule is COc1ccc(Cc2nc3c(ncn3C(CCCc3ccccc3)C(C)=O)c(=O)[nH]2)cc1OC. The molecule has 0 amide bonds. The molecule has 1 unspecified atom stereocenters. The van der Waals surface area contributed by atoms with E-state index in [0.29, 0.717) is 35.8 Å². The van der Waals surface area contributed by atoms with Gasteiger partial charge in [0.25, 0.3) is 5.56 Å². The van der Waals surface area contributed by atoms with Gasteiger partial charge in [0.05, 0.1) is 26.6 Å². The first-order valence-corrected chi connectivity index (χ1v) is 11.2. The van der Waals surface area contributed by atoms with Crippen molar-refractivity contribution in [3.05, 3.63) is 82.2 Å². The molecule has 0 aliphatic rings. The third-order valence-electron chi connectivity index (χ3n) is 5.89. The highest BCUT2D eigenvalue weighted by Gasteiger charge is 2.21. The molecule has 0 aliphatic heterocycles. The van der Waals surface area contributed by atoms with Gasteiger partial charge in [-0.15, -0.1) is 0 Å². The number of benzene rings is 2. The number of rotatable bonds is 10. The lowest BCUT2D eigenvalue weighted by Gasteiger charge is -2.16. The Morgan fingerprint density at radius 3 is 2.53 bits per heavy atom. The fraction of sp³-hybridized carbons (Fsp3) is 0.308. The van der Waals surface area contributed by atoms with Crippen LogP contribution in [0.4, 0.5) is 0 Å². The Labute approximate surface area is 197 Å². The molecule has 4 aromatic rings. The zero-order valence-electron chi connectivity index (χ0n) is 19.6. The van der Waals surface area contributed by atoms with E-state index in [4.69, 9.17) is 9.47 Å². The molecule has 0 saturated heterocycles. The molecule has 176 valence electrons. The van der Waals surface area contributed by atoms with Crippen molar-refractivity contribution in [3.8, 4) is 11.5 Å². The monoisotopic (exact) mass is 460 g/mol. The minimum absolute atomic E-state index is 0.0101. The van der Waals surface area contributed by atoms with Crippen molar-refractivity contribution in [2.45, 2.75) is 38.6 Å². The molecule has 0 radical (unpaired) electrons. The number of ether oxygens (including phenoxy) is 2. The number of aryl methyl sites for hydroxylation is 1. The van der Waals surface area contributed by atoms with Gasteiger partial charge in [-0.3, -0.25) is 9.59 Å². The molecule has 8 nitrogen and oxygen atoms in total. The molecule has 4 rings (SSSR count). The van der Waals surface area contributed by atoms with Crippen molar-refractivity contribution in [2.75, 3.05) is 14.2 Å². The summed E-state index contributed by atoms with van der Waals surface area (Å²) in [6.07, 6.45) is 4.26. The van der Waals surface area contributed by atoms with Crippen molar-refractivity contribution in [1.82, 2.24) is 19.5 Å². The number of nitrogens with one attached hydrogen (secondary N) is 1. The normalized spacial score (nSPS) is 12.0. The summed E-state index contributed by atoms with van der Waals surface area (Å²) in [5.41, 5.74) is 2.44. The summed E-state index contributed by atoms with van der Waals surface area (Å²) in [5, 5.41) is 0. The average Bonchev–Trinajstić information content (AvgIpc) is 3.26. The highest BCUT2D eigenvalue weighted by molar-refractivity contribution is 5.82. The Hall–Kier alpha value is -3.94. The van der Waals surface area contributed by atoms with Crippen molar-refractivity contribution in [1.29, 1.82) is 0 Å². The number of fused-ring (bicyclic) bond motifs is 1. The first kappa shape index (κ1) is 23.2. The van der Waals surface area contributed by atoms with E-state index in [1.807, 2.05) is 36.4 Å². The number of nitrogens with zero attached hydrogens (tertiary/aromatic N) is 3. The molecule has 0 spiro atoms. The number of aromatic amines is 1. The largest absolute Gasteiger partial charge is 0.493 e. The fourth-order valence-corrected chi connectivity index (χ4v) is 4.15. The van der Waals surface area contributed by atoms with E-state index < -0.39 is 6.04 Å². The Morgan fingerprint density at radius 2 is 1.82 bits per heavy atom. The predicted molar refractivity (Wildman–Crippen MR) is 130 cm³/mol. The van der Waals surface area contributed by atoms with E-state index in [2.05, 4.69) is 27.1 Å². The Morgan fingerprint density at radius 1 is 1.06 bits per heavy atom. The quantitative estimate of drug-likeness (QED) is 0.386. The molecule has 1 N–H and O–H groups in total. The molecule has 0 bridgehead atoms. The summed E-state index contributed by atoms with van der Waals surface area (Å²) in [6, 6.07) is 15.3. The maximum atomic E-state index is 12.7. The first-order chi connectivity index (χ1) is 16.5. The van der Waals surface area contributed by atoms with Gasteiger partial charge >= 0.3 is 0 Å². The van der Waals surface area contributed by atoms with Crippen LogP contribution in [0.5, 0.6) is 11.5 Å². The Bertz CT molecular complexity index is 1340. The van der Waals surface area contributed by atoms with Crippen molar-refractivity contribution < 1.29 is 14.3 Å². The number of H-pyrrole nitrogens is 1. The highest BCUT2D eigenvalue weighted by Crippen LogP contribution is 2.28. The number of carbonyl (C=O) groups is 1. The highest BCUT2D eigenvalue weighted by atomic mass is 16.5. The number of imidazole rings is 1. The summed E-state index contributed by atoms with van der Waals surface area (Å²) in [5.74, 6) is 1.72. The smallest absolute Gasteiger partial charge is 0.279 e. The standard InChI is InChI=1S/C26H28N4O4/c1-17(31)20(11-7-10-18-8-5-4-6-9-18)30-16-27-24-25(30)28-23(29-26(24)32)15-19-12-13-21(33-2)22(14-19)34-3/h4-6,8-9,12-14,16,20H,7,10-11,15H2,1-3H3,(H,28,29,32). The molecule has 0 saturated carbocycles. The van der Waals surface area contributed by atoms with Gasteiger partial charge in [0.15, 0.2) is 28.4 Å². The van der Waals surface area contributed by atoms with Gasteiger partial charge in [0.1, 0.15) is 5.82 Å². The lowest BCUT2D eigenvalue weighted by molar-refractivity contribution is -0.120. The van der Waals surface area contributed by atoms with Crippen LogP contribution in [0.15, 0.2) is 59.7 Å². The van der Waals surface area contributed by atoms with Gasteiger partial charge < -0.3 is 19.0 Å². The molecule has 2 aromatic carbocycles. The zero-order valence-corrected chi connectivity index (χ0v) is 19.6. The number of carbonyl (C=O) groups excluding carboxylic acids is 1. The van der Waals surface area contributed by atoms with Crippen LogP contribution in [-0.4, -0.2) is 39.5 Å². The number of ketones is 1.